The van der Waals surface area contributed by atoms with Gasteiger partial charge in [-0.2, -0.15) is 5.10 Å². The first-order valence-electron chi connectivity index (χ1n) is 6.29. The van der Waals surface area contributed by atoms with Crippen LogP contribution < -0.4 is 5.73 Å². The number of rotatable bonds is 2. The highest BCUT2D eigenvalue weighted by Gasteiger charge is 2.12. The smallest absolute Gasteiger partial charge is 0.248 e. The first kappa shape index (κ1) is 12.3. The summed E-state index contributed by atoms with van der Waals surface area (Å²) in [6, 6.07) is 9.07. The Bertz CT molecular complexity index is 803. The van der Waals surface area contributed by atoms with E-state index in [0.717, 1.165) is 28.2 Å². The van der Waals surface area contributed by atoms with Crippen molar-refractivity contribution in [3.8, 4) is 11.3 Å². The number of nitrogens with zero attached hydrogens (tertiary/aromatic N) is 3. The molecule has 0 aliphatic heterocycles. The summed E-state index contributed by atoms with van der Waals surface area (Å²) in [5, 5.41) is 4.32. The van der Waals surface area contributed by atoms with Crippen molar-refractivity contribution in [3.63, 3.8) is 0 Å². The number of fused-ring (bicyclic) bond motifs is 1. The Hall–Kier alpha value is -2.69. The third kappa shape index (κ3) is 1.84. The molecule has 3 rings (SSSR count). The van der Waals surface area contributed by atoms with Gasteiger partial charge in [0.2, 0.25) is 5.91 Å². The minimum atomic E-state index is -0.427. The van der Waals surface area contributed by atoms with Gasteiger partial charge in [-0.3, -0.25) is 4.79 Å². The van der Waals surface area contributed by atoms with Gasteiger partial charge in [-0.15, -0.1) is 0 Å². The SMILES string of the molecule is Cc1nc2ccnn2c(-c2ccc(C(N)=O)cc2)c1C. The van der Waals surface area contributed by atoms with Crippen molar-refractivity contribution in [2.24, 2.45) is 5.73 Å². The molecule has 0 aliphatic carbocycles. The first-order chi connectivity index (χ1) is 9.58. The molecule has 2 N–H and O–H groups in total. The van der Waals surface area contributed by atoms with Crippen molar-refractivity contribution in [2.45, 2.75) is 13.8 Å². The van der Waals surface area contributed by atoms with Crippen molar-refractivity contribution < 1.29 is 4.79 Å². The van der Waals surface area contributed by atoms with Crippen LogP contribution in [0.5, 0.6) is 0 Å². The van der Waals surface area contributed by atoms with Gasteiger partial charge in [-0.1, -0.05) is 12.1 Å². The predicted molar refractivity (Wildman–Crippen MR) is 76.4 cm³/mol. The lowest BCUT2D eigenvalue weighted by Gasteiger charge is -2.11. The summed E-state index contributed by atoms with van der Waals surface area (Å²) in [7, 11) is 0. The Kier molecular flexibility index (Phi) is 2.75. The quantitative estimate of drug-likeness (QED) is 0.772. The zero-order valence-electron chi connectivity index (χ0n) is 11.3. The Labute approximate surface area is 116 Å². The van der Waals surface area contributed by atoms with E-state index in [9.17, 15) is 4.79 Å². The van der Waals surface area contributed by atoms with Crippen LogP contribution in [0.2, 0.25) is 0 Å². The number of aryl methyl sites for hydroxylation is 1. The van der Waals surface area contributed by atoms with Gasteiger partial charge in [0.25, 0.3) is 0 Å². The second-order valence-electron chi connectivity index (χ2n) is 4.71. The first-order valence-corrected chi connectivity index (χ1v) is 6.29. The molecule has 0 radical (unpaired) electrons. The number of carbonyl (C=O) groups is 1. The second-order valence-corrected chi connectivity index (χ2v) is 4.71. The van der Waals surface area contributed by atoms with Crippen LogP contribution in [-0.2, 0) is 0 Å². The van der Waals surface area contributed by atoms with Crippen molar-refractivity contribution >= 4 is 11.6 Å². The highest BCUT2D eigenvalue weighted by Crippen LogP contribution is 2.25. The monoisotopic (exact) mass is 266 g/mol. The molecule has 0 atom stereocenters. The molecule has 0 saturated heterocycles. The van der Waals surface area contributed by atoms with E-state index in [2.05, 4.69) is 10.1 Å². The zero-order valence-corrected chi connectivity index (χ0v) is 11.3. The summed E-state index contributed by atoms with van der Waals surface area (Å²) < 4.78 is 1.81. The standard InChI is InChI=1S/C15H14N4O/c1-9-10(2)18-13-7-8-17-19(13)14(9)11-3-5-12(6-4-11)15(16)20/h3-8H,1-2H3,(H2,16,20). The normalized spacial score (nSPS) is 10.9. The average molecular weight is 266 g/mol. The minimum Gasteiger partial charge on any atom is -0.366 e. The molecular weight excluding hydrogens is 252 g/mol. The van der Waals surface area contributed by atoms with Gasteiger partial charge in [0.15, 0.2) is 5.65 Å². The molecule has 0 saturated carbocycles. The van der Waals surface area contributed by atoms with Gasteiger partial charge < -0.3 is 5.73 Å². The van der Waals surface area contributed by atoms with Gasteiger partial charge in [0, 0.05) is 22.9 Å². The number of primary amides is 1. The molecule has 0 spiro atoms. The maximum atomic E-state index is 11.1. The molecule has 100 valence electrons. The third-order valence-electron chi connectivity index (χ3n) is 3.46. The molecule has 0 aliphatic rings. The van der Waals surface area contributed by atoms with E-state index in [1.807, 2.05) is 36.6 Å². The molecule has 0 bridgehead atoms. The van der Waals surface area contributed by atoms with Crippen LogP contribution in [0, 0.1) is 13.8 Å². The second kappa shape index (κ2) is 4.45. The molecule has 1 amide bonds. The fourth-order valence-corrected chi connectivity index (χ4v) is 2.27. The van der Waals surface area contributed by atoms with Crippen LogP contribution in [0.1, 0.15) is 21.6 Å². The van der Waals surface area contributed by atoms with Gasteiger partial charge in [-0.25, -0.2) is 9.50 Å². The maximum absolute atomic E-state index is 11.1. The number of aromatic nitrogens is 3. The Balaban J connectivity index is 2.25. The van der Waals surface area contributed by atoms with Crippen LogP contribution >= 0.6 is 0 Å². The van der Waals surface area contributed by atoms with E-state index < -0.39 is 5.91 Å². The molecule has 5 heteroatoms. The van der Waals surface area contributed by atoms with Crippen molar-refractivity contribution in [3.05, 3.63) is 53.3 Å². The number of hydrogen-bond donors (Lipinski definition) is 1. The molecule has 5 nitrogen and oxygen atoms in total. The van der Waals surface area contributed by atoms with Crippen LogP contribution in [0.25, 0.3) is 16.9 Å². The minimum absolute atomic E-state index is 0.427. The summed E-state index contributed by atoms with van der Waals surface area (Å²) in [4.78, 5) is 15.6. The number of carbonyl (C=O) groups excluding carboxylic acids is 1. The number of hydrogen-bond acceptors (Lipinski definition) is 3. The highest BCUT2D eigenvalue weighted by atomic mass is 16.1. The lowest BCUT2D eigenvalue weighted by atomic mass is 10.0. The summed E-state index contributed by atoms with van der Waals surface area (Å²) in [5.74, 6) is -0.427. The third-order valence-corrected chi connectivity index (χ3v) is 3.46. The van der Waals surface area contributed by atoms with Crippen molar-refractivity contribution in [2.75, 3.05) is 0 Å². The lowest BCUT2D eigenvalue weighted by Crippen LogP contribution is -2.10. The lowest BCUT2D eigenvalue weighted by molar-refractivity contribution is 0.100. The largest absolute Gasteiger partial charge is 0.366 e. The van der Waals surface area contributed by atoms with Crippen LogP contribution in [0.4, 0.5) is 0 Å². The zero-order chi connectivity index (χ0) is 14.3. The number of amides is 1. The molecule has 0 unspecified atom stereocenters. The van der Waals surface area contributed by atoms with E-state index in [-0.39, 0.29) is 0 Å². The molecule has 0 fully saturated rings. The van der Waals surface area contributed by atoms with Crippen molar-refractivity contribution in [1.82, 2.24) is 14.6 Å². The topological polar surface area (TPSA) is 73.3 Å². The average Bonchev–Trinajstić information content (AvgIpc) is 2.88. The molecule has 3 aromatic rings. The van der Waals surface area contributed by atoms with Gasteiger partial charge >= 0.3 is 0 Å². The van der Waals surface area contributed by atoms with E-state index >= 15 is 0 Å². The Morgan fingerprint density at radius 2 is 1.85 bits per heavy atom. The molecule has 20 heavy (non-hydrogen) atoms. The van der Waals surface area contributed by atoms with Crippen LogP contribution in [0.15, 0.2) is 36.5 Å². The fourth-order valence-electron chi connectivity index (χ4n) is 2.27. The Morgan fingerprint density at radius 3 is 2.50 bits per heavy atom. The maximum Gasteiger partial charge on any atom is 0.248 e. The van der Waals surface area contributed by atoms with Crippen LogP contribution in [-0.4, -0.2) is 20.5 Å². The number of nitrogens with two attached hydrogens (primary N) is 1. The summed E-state index contributed by atoms with van der Waals surface area (Å²) in [6.45, 7) is 3.99. The van der Waals surface area contributed by atoms with Gasteiger partial charge in [0.1, 0.15) is 0 Å². The predicted octanol–water partition coefficient (Wildman–Crippen LogP) is 2.11. The highest BCUT2D eigenvalue weighted by molar-refractivity contribution is 5.93. The van der Waals surface area contributed by atoms with Crippen molar-refractivity contribution in [1.29, 1.82) is 0 Å². The molecule has 1 aromatic carbocycles. The van der Waals surface area contributed by atoms with E-state index in [1.165, 1.54) is 0 Å². The molecular formula is C15H14N4O. The van der Waals surface area contributed by atoms with Crippen LogP contribution in [0.3, 0.4) is 0 Å². The number of benzene rings is 1. The van der Waals surface area contributed by atoms with E-state index in [4.69, 9.17) is 5.73 Å². The molecule has 2 heterocycles. The summed E-state index contributed by atoms with van der Waals surface area (Å²) >= 11 is 0. The van der Waals surface area contributed by atoms with E-state index in [0.29, 0.717) is 5.56 Å². The van der Waals surface area contributed by atoms with Gasteiger partial charge in [-0.05, 0) is 31.5 Å². The Morgan fingerprint density at radius 1 is 1.15 bits per heavy atom. The summed E-state index contributed by atoms with van der Waals surface area (Å²) in [5.41, 5.74) is 10.6. The molecule has 2 aromatic heterocycles. The summed E-state index contributed by atoms with van der Waals surface area (Å²) in [6.07, 6.45) is 1.72. The van der Waals surface area contributed by atoms with Gasteiger partial charge in [0.05, 0.1) is 11.9 Å². The van der Waals surface area contributed by atoms with E-state index in [1.54, 1.807) is 18.3 Å². The fraction of sp³-hybridized carbons (Fsp3) is 0.133.